The summed E-state index contributed by atoms with van der Waals surface area (Å²) in [6.07, 6.45) is -14.8. The number of amides is 2. The van der Waals surface area contributed by atoms with E-state index in [1.54, 1.807) is 24.3 Å². The summed E-state index contributed by atoms with van der Waals surface area (Å²) in [7, 11) is 1.48. The van der Waals surface area contributed by atoms with Crippen molar-refractivity contribution in [1.29, 1.82) is 0 Å². The molecule has 10 N–H and O–H groups in total. The minimum absolute atomic E-state index is 0.397. The van der Waals surface area contributed by atoms with Crippen LogP contribution in [0.1, 0.15) is 0 Å². The van der Waals surface area contributed by atoms with Gasteiger partial charge in [0.25, 0.3) is 0 Å². The zero-order valence-corrected chi connectivity index (χ0v) is 18.3. The normalized spacial score (nSPS) is 38.2. The summed E-state index contributed by atoms with van der Waals surface area (Å²) in [5.41, 5.74) is 0.986. The van der Waals surface area contributed by atoms with Gasteiger partial charge in [-0.2, -0.15) is 0 Å². The number of rotatable bonds is 7. The quantitative estimate of drug-likeness (QED) is 0.180. The van der Waals surface area contributed by atoms with E-state index in [9.17, 15) is 40.5 Å². The highest BCUT2D eigenvalue weighted by Gasteiger charge is 2.50. The Balaban J connectivity index is 1.66. The molecule has 2 aliphatic rings. The molecule has 0 spiro atoms. The first-order valence-corrected chi connectivity index (χ1v) is 10.6. The smallest absolute Gasteiger partial charge is 0.318 e. The molecule has 0 bridgehead atoms. The molecule has 2 heterocycles. The van der Waals surface area contributed by atoms with E-state index in [-0.39, 0.29) is 0 Å². The molecular formula is C20H31N3O11. The average Bonchev–Trinajstić information content (AvgIpc) is 2.84. The predicted octanol–water partition coefficient (Wildman–Crippen LogP) is -3.53. The number of nitrogens with one attached hydrogen (secondary N) is 3. The van der Waals surface area contributed by atoms with E-state index in [1.165, 1.54) is 7.05 Å². The summed E-state index contributed by atoms with van der Waals surface area (Å²) in [5.74, 6) is 0. The zero-order chi connectivity index (χ0) is 25.0. The molecule has 10 atom stereocenters. The fraction of sp³-hybridized carbons (Fsp3) is 0.650. The van der Waals surface area contributed by atoms with E-state index >= 15 is 0 Å². The highest BCUT2D eigenvalue weighted by atomic mass is 16.7. The molecule has 2 saturated heterocycles. The van der Waals surface area contributed by atoms with Crippen LogP contribution in [0.4, 0.5) is 16.2 Å². The SMILES string of the molecule is CNC(=O)Nc1ccc(NC2OC(CO)C(OC3OC(CO)C(O)C(O)C3O)C(O)C2O)cc1. The maximum Gasteiger partial charge on any atom is 0.318 e. The third-order valence-electron chi connectivity index (χ3n) is 5.68. The summed E-state index contributed by atoms with van der Waals surface area (Å²) in [4.78, 5) is 11.4. The van der Waals surface area contributed by atoms with Crippen LogP contribution in [0.2, 0.25) is 0 Å². The minimum atomic E-state index is -1.74. The Labute approximate surface area is 194 Å². The Morgan fingerprint density at radius 3 is 2.06 bits per heavy atom. The number of benzene rings is 1. The molecule has 3 rings (SSSR count). The maximum atomic E-state index is 11.4. The van der Waals surface area contributed by atoms with Crippen molar-refractivity contribution < 1.29 is 54.8 Å². The Bertz CT molecular complexity index is 796. The molecule has 1 aromatic carbocycles. The number of hydrogen-bond donors (Lipinski definition) is 10. The molecule has 2 fully saturated rings. The molecule has 14 nitrogen and oxygen atoms in total. The fourth-order valence-electron chi connectivity index (χ4n) is 3.72. The highest BCUT2D eigenvalue weighted by molar-refractivity contribution is 5.89. The van der Waals surface area contributed by atoms with Crippen molar-refractivity contribution in [3.63, 3.8) is 0 Å². The van der Waals surface area contributed by atoms with Gasteiger partial charge in [0.1, 0.15) is 48.8 Å². The largest absolute Gasteiger partial charge is 0.394 e. The van der Waals surface area contributed by atoms with Crippen LogP contribution in [0.3, 0.4) is 0 Å². The van der Waals surface area contributed by atoms with Crippen molar-refractivity contribution in [2.45, 2.75) is 61.3 Å². The van der Waals surface area contributed by atoms with Gasteiger partial charge in [0.2, 0.25) is 0 Å². The summed E-state index contributed by atoms with van der Waals surface area (Å²) in [5, 5.41) is 78.2. The third kappa shape index (κ3) is 5.75. The van der Waals surface area contributed by atoms with Gasteiger partial charge in [-0.05, 0) is 24.3 Å². The van der Waals surface area contributed by atoms with E-state index < -0.39 is 80.6 Å². The van der Waals surface area contributed by atoms with Crippen molar-refractivity contribution in [3.8, 4) is 0 Å². The number of aliphatic hydroxyl groups is 7. The van der Waals surface area contributed by atoms with Gasteiger partial charge < -0.3 is 65.9 Å². The Morgan fingerprint density at radius 2 is 1.47 bits per heavy atom. The number of hydrogen-bond acceptors (Lipinski definition) is 12. The first kappa shape index (κ1) is 26.5. The molecule has 0 aromatic heterocycles. The summed E-state index contributed by atoms with van der Waals surface area (Å²) >= 11 is 0. The molecule has 2 amide bonds. The van der Waals surface area contributed by atoms with Gasteiger partial charge in [0.15, 0.2) is 12.5 Å². The van der Waals surface area contributed by atoms with E-state index in [0.29, 0.717) is 11.4 Å². The minimum Gasteiger partial charge on any atom is -0.394 e. The number of carbonyl (C=O) groups is 1. The Kier molecular flexibility index (Phi) is 9.00. The molecule has 192 valence electrons. The Hall–Kier alpha value is -2.11. The Morgan fingerprint density at radius 1 is 0.853 bits per heavy atom. The van der Waals surface area contributed by atoms with Crippen molar-refractivity contribution in [2.24, 2.45) is 0 Å². The third-order valence-corrected chi connectivity index (χ3v) is 5.68. The first-order chi connectivity index (χ1) is 16.2. The van der Waals surface area contributed by atoms with E-state index in [2.05, 4.69) is 16.0 Å². The number of urea groups is 1. The van der Waals surface area contributed by atoms with Crippen LogP contribution in [-0.4, -0.2) is 123 Å². The zero-order valence-electron chi connectivity index (χ0n) is 18.3. The number of carbonyl (C=O) groups excluding carboxylic acids is 1. The summed E-state index contributed by atoms with van der Waals surface area (Å²) in [6.45, 7) is -1.32. The lowest BCUT2D eigenvalue weighted by Crippen LogP contribution is -2.65. The topological polar surface area (TPSA) is 222 Å². The van der Waals surface area contributed by atoms with E-state index in [4.69, 9.17) is 14.2 Å². The van der Waals surface area contributed by atoms with Gasteiger partial charge in [0.05, 0.1) is 13.2 Å². The van der Waals surface area contributed by atoms with Crippen molar-refractivity contribution in [2.75, 3.05) is 30.9 Å². The van der Waals surface area contributed by atoms with Crippen LogP contribution in [0.15, 0.2) is 24.3 Å². The molecular weight excluding hydrogens is 458 g/mol. The lowest BCUT2D eigenvalue weighted by atomic mass is 9.96. The summed E-state index contributed by atoms with van der Waals surface area (Å²) < 4.78 is 16.4. The van der Waals surface area contributed by atoms with E-state index in [0.717, 1.165) is 0 Å². The number of ether oxygens (including phenoxy) is 3. The van der Waals surface area contributed by atoms with Crippen molar-refractivity contribution in [3.05, 3.63) is 24.3 Å². The van der Waals surface area contributed by atoms with Crippen LogP contribution in [0.5, 0.6) is 0 Å². The van der Waals surface area contributed by atoms with Crippen molar-refractivity contribution >= 4 is 17.4 Å². The molecule has 10 unspecified atom stereocenters. The van der Waals surface area contributed by atoms with Gasteiger partial charge in [0, 0.05) is 18.4 Å². The van der Waals surface area contributed by atoms with E-state index in [1.807, 2.05) is 0 Å². The molecule has 0 radical (unpaired) electrons. The van der Waals surface area contributed by atoms with Crippen LogP contribution < -0.4 is 16.0 Å². The lowest BCUT2D eigenvalue weighted by molar-refractivity contribution is -0.340. The summed E-state index contributed by atoms with van der Waals surface area (Å²) in [6, 6.07) is 5.98. The first-order valence-electron chi connectivity index (χ1n) is 10.6. The second-order valence-corrected chi connectivity index (χ2v) is 7.98. The van der Waals surface area contributed by atoms with Gasteiger partial charge in [-0.25, -0.2) is 4.79 Å². The molecule has 14 heteroatoms. The van der Waals surface area contributed by atoms with Gasteiger partial charge >= 0.3 is 6.03 Å². The number of anilines is 2. The second-order valence-electron chi connectivity index (χ2n) is 7.98. The van der Waals surface area contributed by atoms with Crippen LogP contribution in [0.25, 0.3) is 0 Å². The van der Waals surface area contributed by atoms with Gasteiger partial charge in [-0.15, -0.1) is 0 Å². The fourth-order valence-corrected chi connectivity index (χ4v) is 3.72. The highest BCUT2D eigenvalue weighted by Crippen LogP contribution is 2.30. The molecule has 0 aliphatic carbocycles. The van der Waals surface area contributed by atoms with Gasteiger partial charge in [-0.1, -0.05) is 0 Å². The molecule has 34 heavy (non-hydrogen) atoms. The monoisotopic (exact) mass is 489 g/mol. The van der Waals surface area contributed by atoms with Crippen LogP contribution in [0, 0.1) is 0 Å². The molecule has 2 aliphatic heterocycles. The standard InChI is InChI=1S/C20H31N3O11/c1-21-20(31)23-9-4-2-8(3-5-9)22-18-15(29)14(28)17(11(7-25)32-18)34-19-16(30)13(27)12(26)10(6-24)33-19/h2-5,10-19,22,24-30H,6-7H2,1H3,(H2,21,23,31). The lowest BCUT2D eigenvalue weighted by Gasteiger charge is -2.46. The maximum absolute atomic E-state index is 11.4. The van der Waals surface area contributed by atoms with Crippen molar-refractivity contribution in [1.82, 2.24) is 5.32 Å². The van der Waals surface area contributed by atoms with Gasteiger partial charge in [-0.3, -0.25) is 0 Å². The second kappa shape index (κ2) is 11.5. The van der Waals surface area contributed by atoms with Crippen LogP contribution in [-0.2, 0) is 14.2 Å². The molecule has 0 saturated carbocycles. The van der Waals surface area contributed by atoms with Crippen LogP contribution >= 0.6 is 0 Å². The number of aliphatic hydroxyl groups excluding tert-OH is 7. The average molecular weight is 489 g/mol. The predicted molar refractivity (Wildman–Crippen MR) is 115 cm³/mol. The molecule has 1 aromatic rings.